The molecular formula is C19H22F2O6S2. The van der Waals surface area contributed by atoms with Crippen LogP contribution in [0.15, 0.2) is 58.3 Å². The van der Waals surface area contributed by atoms with E-state index in [1.165, 1.54) is 24.3 Å². The third kappa shape index (κ3) is 7.14. The molecule has 0 spiro atoms. The van der Waals surface area contributed by atoms with E-state index in [1.54, 1.807) is 38.1 Å². The standard InChI is InChI=1S/C19H22F2O6S2/c1-15-3-7-17(8-4-15)28(22,23)26-13-11-19(20,21)12-14-27-29(24,25)18-9-5-16(2)6-10-18/h3-10H,11-14H2,1-2H3. The molecule has 10 heteroatoms. The van der Waals surface area contributed by atoms with Crippen molar-refractivity contribution in [3.05, 3.63) is 59.7 Å². The fourth-order valence-corrected chi connectivity index (χ4v) is 4.09. The van der Waals surface area contributed by atoms with Crippen molar-refractivity contribution in [2.45, 2.75) is 42.4 Å². The number of rotatable bonds is 10. The summed E-state index contributed by atoms with van der Waals surface area (Å²) >= 11 is 0. The third-order valence-corrected chi connectivity index (χ3v) is 6.68. The predicted octanol–water partition coefficient (Wildman–Crippen LogP) is 3.83. The van der Waals surface area contributed by atoms with Crippen LogP contribution in [0.1, 0.15) is 24.0 Å². The van der Waals surface area contributed by atoms with Gasteiger partial charge in [-0.15, -0.1) is 0 Å². The average molecular weight is 449 g/mol. The minimum absolute atomic E-state index is 0.126. The Bertz CT molecular complexity index is 932. The Balaban J connectivity index is 1.83. The van der Waals surface area contributed by atoms with Gasteiger partial charge in [-0.25, -0.2) is 8.78 Å². The van der Waals surface area contributed by atoms with Gasteiger partial charge >= 0.3 is 0 Å². The maximum Gasteiger partial charge on any atom is 0.296 e. The Kier molecular flexibility index (Phi) is 7.50. The SMILES string of the molecule is Cc1ccc(S(=O)(=O)OCCC(F)(F)CCOS(=O)(=O)c2ccc(C)cc2)cc1. The minimum atomic E-state index is -4.14. The topological polar surface area (TPSA) is 86.7 Å². The third-order valence-electron chi connectivity index (χ3n) is 4.03. The first-order valence-corrected chi connectivity index (χ1v) is 11.5. The Morgan fingerprint density at radius 3 is 1.31 bits per heavy atom. The van der Waals surface area contributed by atoms with Gasteiger partial charge in [-0.2, -0.15) is 16.8 Å². The first-order chi connectivity index (χ1) is 13.4. The van der Waals surface area contributed by atoms with Crippen molar-refractivity contribution in [1.82, 2.24) is 0 Å². The second kappa shape index (κ2) is 9.29. The highest BCUT2D eigenvalue weighted by atomic mass is 32.2. The molecule has 29 heavy (non-hydrogen) atoms. The van der Waals surface area contributed by atoms with Crippen LogP contribution in [-0.2, 0) is 28.6 Å². The molecule has 0 saturated heterocycles. The smallest absolute Gasteiger partial charge is 0.266 e. The normalized spacial score (nSPS) is 12.8. The van der Waals surface area contributed by atoms with Crippen molar-refractivity contribution < 1.29 is 34.0 Å². The Labute approximate surface area is 169 Å². The molecule has 0 aromatic heterocycles. The summed E-state index contributed by atoms with van der Waals surface area (Å²) in [6.07, 6.45) is -1.79. The van der Waals surface area contributed by atoms with Crippen molar-refractivity contribution in [1.29, 1.82) is 0 Å². The van der Waals surface area contributed by atoms with Crippen molar-refractivity contribution in [3.63, 3.8) is 0 Å². The van der Waals surface area contributed by atoms with Crippen molar-refractivity contribution >= 4 is 20.2 Å². The molecule has 0 aliphatic heterocycles. The molecule has 0 bridgehead atoms. The molecule has 0 unspecified atom stereocenters. The first-order valence-electron chi connectivity index (χ1n) is 8.71. The highest BCUT2D eigenvalue weighted by Crippen LogP contribution is 2.25. The predicted molar refractivity (Wildman–Crippen MR) is 103 cm³/mol. The van der Waals surface area contributed by atoms with Gasteiger partial charge in [0.2, 0.25) is 0 Å². The zero-order chi connectivity index (χ0) is 21.7. The molecule has 0 amide bonds. The van der Waals surface area contributed by atoms with Crippen molar-refractivity contribution in [3.8, 4) is 0 Å². The summed E-state index contributed by atoms with van der Waals surface area (Å²) in [5.74, 6) is -3.36. The minimum Gasteiger partial charge on any atom is -0.266 e. The second-order valence-electron chi connectivity index (χ2n) is 6.53. The van der Waals surface area contributed by atoms with E-state index >= 15 is 0 Å². The first kappa shape index (κ1) is 23.4. The summed E-state index contributed by atoms with van der Waals surface area (Å²) in [4.78, 5) is -0.252. The number of alkyl halides is 2. The fraction of sp³-hybridized carbons (Fsp3) is 0.368. The number of hydrogen-bond donors (Lipinski definition) is 0. The largest absolute Gasteiger partial charge is 0.296 e. The lowest BCUT2D eigenvalue weighted by atomic mass is 10.2. The summed E-state index contributed by atoms with van der Waals surface area (Å²) < 4.78 is 85.1. The van der Waals surface area contributed by atoms with E-state index < -0.39 is 52.2 Å². The average Bonchev–Trinajstić information content (AvgIpc) is 2.61. The second-order valence-corrected chi connectivity index (χ2v) is 9.76. The molecule has 2 aromatic rings. The summed E-state index contributed by atoms with van der Waals surface area (Å²) in [6.45, 7) is 2.07. The molecular weight excluding hydrogens is 426 g/mol. The number of halogens is 2. The van der Waals surface area contributed by atoms with E-state index in [9.17, 15) is 25.6 Å². The van der Waals surface area contributed by atoms with E-state index in [1.807, 2.05) is 0 Å². The molecule has 6 nitrogen and oxygen atoms in total. The molecule has 0 radical (unpaired) electrons. The van der Waals surface area contributed by atoms with Gasteiger partial charge in [-0.05, 0) is 38.1 Å². The lowest BCUT2D eigenvalue weighted by molar-refractivity contribution is -0.0342. The van der Waals surface area contributed by atoms with E-state index in [2.05, 4.69) is 8.37 Å². The van der Waals surface area contributed by atoms with Gasteiger partial charge in [0, 0.05) is 12.8 Å². The van der Waals surface area contributed by atoms with Gasteiger partial charge < -0.3 is 0 Å². The maximum atomic E-state index is 13.9. The van der Waals surface area contributed by atoms with Crippen LogP contribution in [0.25, 0.3) is 0 Å². The summed E-state index contributed by atoms with van der Waals surface area (Å²) in [6, 6.07) is 11.6. The van der Waals surface area contributed by atoms with Crippen LogP contribution in [0, 0.1) is 13.8 Å². The molecule has 2 rings (SSSR count). The van der Waals surface area contributed by atoms with Gasteiger partial charge in [-0.3, -0.25) is 8.37 Å². The van der Waals surface area contributed by atoms with E-state index in [0.717, 1.165) is 11.1 Å². The van der Waals surface area contributed by atoms with E-state index in [0.29, 0.717) is 0 Å². The number of hydrogen-bond acceptors (Lipinski definition) is 6. The Morgan fingerprint density at radius 2 is 1.00 bits per heavy atom. The molecule has 0 fully saturated rings. The Morgan fingerprint density at radius 1 is 0.690 bits per heavy atom. The van der Waals surface area contributed by atoms with Gasteiger partial charge in [0.05, 0.1) is 23.0 Å². The molecule has 0 aliphatic rings. The van der Waals surface area contributed by atoms with Crippen LogP contribution in [-0.4, -0.2) is 36.0 Å². The molecule has 2 aromatic carbocycles. The van der Waals surface area contributed by atoms with Gasteiger partial charge in [0.1, 0.15) is 0 Å². The summed E-state index contributed by atoms with van der Waals surface area (Å²) in [7, 11) is -8.29. The van der Waals surface area contributed by atoms with Gasteiger partial charge in [0.15, 0.2) is 0 Å². The zero-order valence-electron chi connectivity index (χ0n) is 16.0. The van der Waals surface area contributed by atoms with Crippen LogP contribution in [0.4, 0.5) is 8.78 Å². The Hall–Kier alpha value is -1.88. The van der Waals surface area contributed by atoms with Crippen molar-refractivity contribution in [2.75, 3.05) is 13.2 Å². The molecule has 0 heterocycles. The number of benzene rings is 2. The highest BCUT2D eigenvalue weighted by Gasteiger charge is 2.30. The summed E-state index contributed by atoms with van der Waals surface area (Å²) in [5.41, 5.74) is 1.69. The molecule has 0 aliphatic carbocycles. The van der Waals surface area contributed by atoms with E-state index in [4.69, 9.17) is 0 Å². The van der Waals surface area contributed by atoms with Crippen LogP contribution in [0.5, 0.6) is 0 Å². The molecule has 0 N–H and O–H groups in total. The summed E-state index contributed by atoms with van der Waals surface area (Å²) in [5, 5.41) is 0. The van der Waals surface area contributed by atoms with Gasteiger partial charge in [-0.1, -0.05) is 35.4 Å². The molecule has 0 atom stereocenters. The van der Waals surface area contributed by atoms with E-state index in [-0.39, 0.29) is 9.79 Å². The lowest BCUT2D eigenvalue weighted by Gasteiger charge is -2.16. The quantitative estimate of drug-likeness (QED) is 0.514. The molecule has 0 saturated carbocycles. The van der Waals surface area contributed by atoms with Crippen LogP contribution in [0.3, 0.4) is 0 Å². The van der Waals surface area contributed by atoms with Crippen LogP contribution < -0.4 is 0 Å². The maximum absolute atomic E-state index is 13.9. The highest BCUT2D eigenvalue weighted by molar-refractivity contribution is 7.87. The lowest BCUT2D eigenvalue weighted by Crippen LogP contribution is -2.23. The van der Waals surface area contributed by atoms with Crippen LogP contribution >= 0.6 is 0 Å². The van der Waals surface area contributed by atoms with Crippen LogP contribution in [0.2, 0.25) is 0 Å². The zero-order valence-corrected chi connectivity index (χ0v) is 17.6. The monoisotopic (exact) mass is 448 g/mol. The number of aryl methyl sites for hydroxylation is 2. The van der Waals surface area contributed by atoms with Crippen molar-refractivity contribution in [2.24, 2.45) is 0 Å². The molecule has 160 valence electrons. The van der Waals surface area contributed by atoms with Gasteiger partial charge in [0.25, 0.3) is 26.2 Å². The fourth-order valence-electron chi connectivity index (χ4n) is 2.27.